The summed E-state index contributed by atoms with van der Waals surface area (Å²) in [6, 6.07) is 13.5. The standard InChI is InChI=1S/C18H20ClN3O3/c1-22(9-10-25-16-4-2-3-15(19)11-16)17(23)14-7-5-13(6-8-14)12-21-18(20)24/h2-8,11H,9-10,12H2,1H3,(H3,20,21,24). The molecule has 2 aromatic carbocycles. The first kappa shape index (κ1) is 18.6. The number of urea groups is 1. The van der Waals surface area contributed by atoms with E-state index >= 15 is 0 Å². The summed E-state index contributed by atoms with van der Waals surface area (Å²) >= 11 is 5.89. The van der Waals surface area contributed by atoms with Crippen molar-refractivity contribution in [2.24, 2.45) is 5.73 Å². The lowest BCUT2D eigenvalue weighted by Crippen LogP contribution is -2.31. The van der Waals surface area contributed by atoms with Gasteiger partial charge in [0.05, 0.1) is 6.54 Å². The number of nitrogens with one attached hydrogen (secondary N) is 1. The quantitative estimate of drug-likeness (QED) is 0.795. The van der Waals surface area contributed by atoms with E-state index in [0.29, 0.717) is 36.0 Å². The smallest absolute Gasteiger partial charge is 0.312 e. The number of nitrogens with zero attached hydrogens (tertiary/aromatic N) is 1. The van der Waals surface area contributed by atoms with Gasteiger partial charge in [0.1, 0.15) is 12.4 Å². The number of rotatable bonds is 7. The van der Waals surface area contributed by atoms with E-state index in [1.54, 1.807) is 54.4 Å². The van der Waals surface area contributed by atoms with Crippen molar-refractivity contribution in [3.63, 3.8) is 0 Å². The highest BCUT2D eigenvalue weighted by atomic mass is 35.5. The Bertz CT molecular complexity index is 735. The van der Waals surface area contributed by atoms with Crippen LogP contribution in [0.25, 0.3) is 0 Å². The SMILES string of the molecule is CN(CCOc1cccc(Cl)c1)C(=O)c1ccc(CNC(N)=O)cc1. The second-order valence-electron chi connectivity index (χ2n) is 5.45. The molecule has 25 heavy (non-hydrogen) atoms. The molecule has 0 unspecified atom stereocenters. The normalized spacial score (nSPS) is 10.2. The van der Waals surface area contributed by atoms with Crippen molar-refractivity contribution < 1.29 is 14.3 Å². The van der Waals surface area contributed by atoms with E-state index < -0.39 is 6.03 Å². The maximum absolute atomic E-state index is 12.4. The number of likely N-dealkylation sites (N-methyl/N-ethyl adjacent to an activating group) is 1. The molecule has 2 rings (SSSR count). The molecule has 0 aliphatic heterocycles. The Balaban J connectivity index is 1.83. The predicted molar refractivity (Wildman–Crippen MR) is 96.8 cm³/mol. The first-order valence-electron chi connectivity index (χ1n) is 7.72. The molecule has 3 amide bonds. The number of hydrogen-bond acceptors (Lipinski definition) is 3. The zero-order valence-electron chi connectivity index (χ0n) is 13.9. The Morgan fingerprint density at radius 3 is 2.56 bits per heavy atom. The average Bonchev–Trinajstić information content (AvgIpc) is 2.59. The second kappa shape index (κ2) is 8.94. The van der Waals surface area contributed by atoms with Crippen LogP contribution in [0.1, 0.15) is 15.9 Å². The van der Waals surface area contributed by atoms with Gasteiger partial charge in [0.2, 0.25) is 0 Å². The lowest BCUT2D eigenvalue weighted by atomic mass is 10.1. The van der Waals surface area contributed by atoms with E-state index in [4.69, 9.17) is 22.1 Å². The molecule has 0 atom stereocenters. The molecule has 0 aliphatic rings. The summed E-state index contributed by atoms with van der Waals surface area (Å²) in [4.78, 5) is 24.7. The summed E-state index contributed by atoms with van der Waals surface area (Å²) in [5.74, 6) is 0.559. The maximum Gasteiger partial charge on any atom is 0.312 e. The molecule has 2 aromatic rings. The van der Waals surface area contributed by atoms with Crippen molar-refractivity contribution in [2.45, 2.75) is 6.54 Å². The molecule has 0 heterocycles. The topological polar surface area (TPSA) is 84.7 Å². The van der Waals surface area contributed by atoms with E-state index in [2.05, 4.69) is 5.32 Å². The van der Waals surface area contributed by atoms with E-state index in [1.807, 2.05) is 6.07 Å². The first-order chi connectivity index (χ1) is 12.0. The van der Waals surface area contributed by atoms with Crippen LogP contribution >= 0.6 is 11.6 Å². The van der Waals surface area contributed by atoms with Gasteiger partial charge in [-0.2, -0.15) is 0 Å². The Morgan fingerprint density at radius 1 is 1.20 bits per heavy atom. The van der Waals surface area contributed by atoms with Gasteiger partial charge in [0.25, 0.3) is 5.91 Å². The molecule has 0 aromatic heterocycles. The van der Waals surface area contributed by atoms with Gasteiger partial charge in [-0.25, -0.2) is 4.79 Å². The molecule has 0 saturated heterocycles. The van der Waals surface area contributed by atoms with Crippen LogP contribution in [0.4, 0.5) is 4.79 Å². The molecule has 0 saturated carbocycles. The number of ether oxygens (including phenoxy) is 1. The maximum atomic E-state index is 12.4. The molecular formula is C18H20ClN3O3. The Morgan fingerprint density at radius 2 is 1.92 bits per heavy atom. The van der Waals surface area contributed by atoms with Crippen LogP contribution in [-0.4, -0.2) is 37.0 Å². The monoisotopic (exact) mass is 361 g/mol. The van der Waals surface area contributed by atoms with Gasteiger partial charge < -0.3 is 20.7 Å². The molecule has 0 aliphatic carbocycles. The number of carbonyl (C=O) groups excluding carboxylic acids is 2. The van der Waals surface area contributed by atoms with Crippen molar-refractivity contribution >= 4 is 23.5 Å². The van der Waals surface area contributed by atoms with Crippen LogP contribution in [0.5, 0.6) is 5.75 Å². The van der Waals surface area contributed by atoms with Gasteiger partial charge in [-0.05, 0) is 35.9 Å². The largest absolute Gasteiger partial charge is 0.492 e. The summed E-state index contributed by atoms with van der Waals surface area (Å²) < 4.78 is 5.59. The minimum absolute atomic E-state index is 0.107. The summed E-state index contributed by atoms with van der Waals surface area (Å²) in [6.45, 7) is 1.13. The molecule has 0 fully saturated rings. The molecule has 0 spiro atoms. The first-order valence-corrected chi connectivity index (χ1v) is 8.09. The minimum atomic E-state index is -0.584. The summed E-state index contributed by atoms with van der Waals surface area (Å²) in [7, 11) is 1.71. The average molecular weight is 362 g/mol. The second-order valence-corrected chi connectivity index (χ2v) is 5.88. The zero-order valence-corrected chi connectivity index (χ0v) is 14.6. The lowest BCUT2D eigenvalue weighted by molar-refractivity contribution is 0.0773. The number of benzene rings is 2. The third-order valence-corrected chi connectivity index (χ3v) is 3.74. The molecule has 6 nitrogen and oxygen atoms in total. The Labute approximate surface area is 151 Å². The summed E-state index contributed by atoms with van der Waals surface area (Å²) in [6.07, 6.45) is 0. The zero-order chi connectivity index (χ0) is 18.2. The van der Waals surface area contributed by atoms with Crippen LogP contribution in [-0.2, 0) is 6.54 Å². The molecule has 7 heteroatoms. The number of hydrogen-bond donors (Lipinski definition) is 2. The molecule has 0 bridgehead atoms. The van der Waals surface area contributed by atoms with Crippen LogP contribution in [0.2, 0.25) is 5.02 Å². The number of amides is 3. The minimum Gasteiger partial charge on any atom is -0.492 e. The highest BCUT2D eigenvalue weighted by Gasteiger charge is 2.11. The molecular weight excluding hydrogens is 342 g/mol. The molecule has 132 valence electrons. The van der Waals surface area contributed by atoms with Crippen molar-refractivity contribution in [3.05, 3.63) is 64.7 Å². The van der Waals surface area contributed by atoms with Crippen LogP contribution in [0.15, 0.2) is 48.5 Å². The Hall–Kier alpha value is -2.73. The summed E-state index contributed by atoms with van der Waals surface area (Å²) in [5.41, 5.74) is 6.45. The number of primary amides is 1. The molecule has 0 radical (unpaired) electrons. The Kier molecular flexibility index (Phi) is 6.65. The highest BCUT2D eigenvalue weighted by molar-refractivity contribution is 6.30. The summed E-state index contributed by atoms with van der Waals surface area (Å²) in [5, 5.41) is 3.10. The van der Waals surface area contributed by atoms with Gasteiger partial charge in [-0.15, -0.1) is 0 Å². The van der Waals surface area contributed by atoms with Crippen LogP contribution < -0.4 is 15.8 Å². The van der Waals surface area contributed by atoms with Gasteiger partial charge in [-0.3, -0.25) is 4.79 Å². The van der Waals surface area contributed by atoms with E-state index in [0.717, 1.165) is 5.56 Å². The predicted octanol–water partition coefficient (Wildman–Crippen LogP) is 2.66. The fourth-order valence-corrected chi connectivity index (χ4v) is 2.31. The number of nitrogens with two attached hydrogens (primary N) is 1. The highest BCUT2D eigenvalue weighted by Crippen LogP contribution is 2.17. The van der Waals surface area contributed by atoms with Gasteiger partial charge in [0, 0.05) is 24.2 Å². The van der Waals surface area contributed by atoms with Crippen molar-refractivity contribution in [3.8, 4) is 5.75 Å². The fourth-order valence-electron chi connectivity index (χ4n) is 2.13. The third kappa shape index (κ3) is 6.00. The van der Waals surface area contributed by atoms with Gasteiger partial charge in [0.15, 0.2) is 0 Å². The van der Waals surface area contributed by atoms with E-state index in [9.17, 15) is 9.59 Å². The van der Waals surface area contributed by atoms with E-state index in [-0.39, 0.29) is 5.91 Å². The number of carbonyl (C=O) groups is 2. The van der Waals surface area contributed by atoms with E-state index in [1.165, 1.54) is 0 Å². The lowest BCUT2D eigenvalue weighted by Gasteiger charge is -2.18. The van der Waals surface area contributed by atoms with Crippen molar-refractivity contribution in [2.75, 3.05) is 20.2 Å². The fraction of sp³-hybridized carbons (Fsp3) is 0.222. The van der Waals surface area contributed by atoms with Crippen LogP contribution in [0.3, 0.4) is 0 Å². The molecule has 3 N–H and O–H groups in total. The van der Waals surface area contributed by atoms with Crippen LogP contribution in [0, 0.1) is 0 Å². The number of halogens is 1. The van der Waals surface area contributed by atoms with Crippen molar-refractivity contribution in [1.82, 2.24) is 10.2 Å². The third-order valence-electron chi connectivity index (χ3n) is 3.51. The van der Waals surface area contributed by atoms with Gasteiger partial charge in [-0.1, -0.05) is 29.8 Å². The van der Waals surface area contributed by atoms with Gasteiger partial charge >= 0.3 is 6.03 Å². The van der Waals surface area contributed by atoms with Crippen molar-refractivity contribution in [1.29, 1.82) is 0 Å².